The average Bonchev–Trinajstić information content (AvgIpc) is 2.45. The van der Waals surface area contributed by atoms with Crippen molar-refractivity contribution in [2.24, 2.45) is 0 Å². The minimum Gasteiger partial charge on any atom is -0.353 e. The first-order valence-electron chi connectivity index (χ1n) is 7.85. The summed E-state index contributed by atoms with van der Waals surface area (Å²) in [5.74, 6) is 5.71. The van der Waals surface area contributed by atoms with E-state index in [0.717, 1.165) is 26.1 Å². The molecule has 0 rings (SSSR count). The van der Waals surface area contributed by atoms with Crippen LogP contribution in [0, 0.1) is 11.8 Å². The van der Waals surface area contributed by atoms with Crippen LogP contribution in [-0.4, -0.2) is 19.5 Å². The van der Waals surface area contributed by atoms with Crippen molar-refractivity contribution in [3.8, 4) is 11.8 Å². The molecule has 2 nitrogen and oxygen atoms in total. The molecule has 20 heavy (non-hydrogen) atoms. The molecular weight excluding hydrogens is 248 g/mol. The van der Waals surface area contributed by atoms with Crippen LogP contribution < -0.4 is 0 Å². The molecule has 0 saturated heterocycles. The normalized spacial score (nSPS) is 10.8. The van der Waals surface area contributed by atoms with Crippen molar-refractivity contribution in [2.75, 3.05) is 13.2 Å². The van der Waals surface area contributed by atoms with Gasteiger partial charge in [-0.1, -0.05) is 43.8 Å². The molecule has 0 aromatic heterocycles. The molecule has 0 heterocycles. The quantitative estimate of drug-likeness (QED) is 0.288. The molecule has 0 unspecified atom stereocenters. The van der Waals surface area contributed by atoms with E-state index in [1.807, 2.05) is 19.9 Å². The lowest BCUT2D eigenvalue weighted by molar-refractivity contribution is -0.140. The van der Waals surface area contributed by atoms with E-state index in [1.165, 1.54) is 32.1 Å². The molecule has 2 heteroatoms. The SMILES string of the molecule is C=CC#CC=CCCCCCCCC(OCC)OCC. The summed E-state index contributed by atoms with van der Waals surface area (Å²) in [6.45, 7) is 9.03. The molecule has 0 N–H and O–H groups in total. The van der Waals surface area contributed by atoms with Crippen LogP contribution in [0.4, 0.5) is 0 Å². The molecule has 114 valence electrons. The first kappa shape index (κ1) is 19.0. The third-order valence-electron chi connectivity index (χ3n) is 2.90. The number of hydrogen-bond donors (Lipinski definition) is 0. The summed E-state index contributed by atoms with van der Waals surface area (Å²) in [5, 5.41) is 0. The van der Waals surface area contributed by atoms with Crippen LogP contribution in [0.25, 0.3) is 0 Å². The average molecular weight is 278 g/mol. The third kappa shape index (κ3) is 13.4. The highest BCUT2D eigenvalue weighted by molar-refractivity contribution is 5.21. The number of hydrogen-bond acceptors (Lipinski definition) is 2. The van der Waals surface area contributed by atoms with Crippen molar-refractivity contribution in [1.82, 2.24) is 0 Å². The van der Waals surface area contributed by atoms with E-state index in [9.17, 15) is 0 Å². The van der Waals surface area contributed by atoms with Gasteiger partial charge in [0.05, 0.1) is 0 Å². The van der Waals surface area contributed by atoms with Gasteiger partial charge in [-0.3, -0.25) is 0 Å². The highest BCUT2D eigenvalue weighted by Gasteiger charge is 2.06. The van der Waals surface area contributed by atoms with Gasteiger partial charge in [-0.2, -0.15) is 0 Å². The highest BCUT2D eigenvalue weighted by Crippen LogP contribution is 2.11. The number of rotatable bonds is 12. The Morgan fingerprint density at radius 1 is 0.950 bits per heavy atom. The van der Waals surface area contributed by atoms with E-state index in [2.05, 4.69) is 24.5 Å². The Bertz CT molecular complexity index is 290. The largest absolute Gasteiger partial charge is 0.353 e. The summed E-state index contributed by atoms with van der Waals surface area (Å²) in [6, 6.07) is 0. The molecule has 0 atom stereocenters. The van der Waals surface area contributed by atoms with Crippen LogP contribution in [0.2, 0.25) is 0 Å². The predicted molar refractivity (Wildman–Crippen MR) is 86.5 cm³/mol. The Balaban J connectivity index is 3.38. The van der Waals surface area contributed by atoms with Crippen LogP contribution in [0.15, 0.2) is 24.8 Å². The highest BCUT2D eigenvalue weighted by atomic mass is 16.7. The molecule has 0 radical (unpaired) electrons. The van der Waals surface area contributed by atoms with E-state index in [4.69, 9.17) is 9.47 Å². The van der Waals surface area contributed by atoms with Gasteiger partial charge in [0.15, 0.2) is 6.29 Å². The minimum atomic E-state index is -0.00336. The maximum Gasteiger partial charge on any atom is 0.157 e. The molecule has 0 bridgehead atoms. The van der Waals surface area contributed by atoms with E-state index < -0.39 is 0 Å². The zero-order valence-corrected chi connectivity index (χ0v) is 13.2. The lowest BCUT2D eigenvalue weighted by atomic mass is 10.1. The Morgan fingerprint density at radius 3 is 2.25 bits per heavy atom. The van der Waals surface area contributed by atoms with Gasteiger partial charge in [0.1, 0.15) is 0 Å². The van der Waals surface area contributed by atoms with Gasteiger partial charge in [0, 0.05) is 13.2 Å². The molecule has 0 fully saturated rings. The number of allylic oxidation sites excluding steroid dienone is 3. The molecule has 0 saturated carbocycles. The lowest BCUT2D eigenvalue weighted by Crippen LogP contribution is -2.17. The van der Waals surface area contributed by atoms with Crippen LogP contribution in [0.1, 0.15) is 58.8 Å². The Kier molecular flexibility index (Phi) is 15.2. The van der Waals surface area contributed by atoms with Gasteiger partial charge in [0.2, 0.25) is 0 Å². The Hall–Kier alpha value is -1.04. The summed E-state index contributed by atoms with van der Waals surface area (Å²) < 4.78 is 11.0. The zero-order valence-electron chi connectivity index (χ0n) is 13.2. The van der Waals surface area contributed by atoms with Crippen molar-refractivity contribution in [3.63, 3.8) is 0 Å². The standard InChI is InChI=1S/C18H30O2/c1-4-7-8-9-10-11-12-13-14-15-16-17-18(19-5-2)20-6-3/h4,9-10,18H,1,5-6,11-17H2,2-3H3. The zero-order chi connectivity index (χ0) is 14.9. The first-order valence-corrected chi connectivity index (χ1v) is 7.85. The van der Waals surface area contributed by atoms with E-state index in [0.29, 0.717) is 0 Å². The maximum absolute atomic E-state index is 5.52. The fraction of sp³-hybridized carbons (Fsp3) is 0.667. The molecule has 0 amide bonds. The summed E-state index contributed by atoms with van der Waals surface area (Å²) in [5.41, 5.74) is 0. The summed E-state index contributed by atoms with van der Waals surface area (Å²) >= 11 is 0. The summed E-state index contributed by atoms with van der Waals surface area (Å²) in [6.07, 6.45) is 14.1. The fourth-order valence-electron chi connectivity index (χ4n) is 1.94. The van der Waals surface area contributed by atoms with Crippen molar-refractivity contribution in [3.05, 3.63) is 24.8 Å². The van der Waals surface area contributed by atoms with E-state index >= 15 is 0 Å². The van der Waals surface area contributed by atoms with E-state index in [-0.39, 0.29) is 6.29 Å². The maximum atomic E-state index is 5.52. The monoisotopic (exact) mass is 278 g/mol. The number of ether oxygens (including phenoxy) is 2. The van der Waals surface area contributed by atoms with Crippen molar-refractivity contribution in [2.45, 2.75) is 65.1 Å². The van der Waals surface area contributed by atoms with Gasteiger partial charge in [0.25, 0.3) is 0 Å². The van der Waals surface area contributed by atoms with Crippen LogP contribution >= 0.6 is 0 Å². The van der Waals surface area contributed by atoms with Gasteiger partial charge in [-0.05, 0) is 51.7 Å². The smallest absolute Gasteiger partial charge is 0.157 e. The molecule has 0 aliphatic carbocycles. The lowest BCUT2D eigenvalue weighted by Gasteiger charge is -2.16. The number of unbranched alkanes of at least 4 members (excludes halogenated alkanes) is 5. The topological polar surface area (TPSA) is 18.5 Å². The molecule has 0 aromatic rings. The first-order chi connectivity index (χ1) is 9.85. The van der Waals surface area contributed by atoms with Gasteiger partial charge in [-0.25, -0.2) is 0 Å². The molecule has 0 aromatic carbocycles. The predicted octanol–water partition coefficient (Wildman–Crippen LogP) is 4.86. The summed E-state index contributed by atoms with van der Waals surface area (Å²) in [4.78, 5) is 0. The summed E-state index contributed by atoms with van der Waals surface area (Å²) in [7, 11) is 0. The van der Waals surface area contributed by atoms with Gasteiger partial charge < -0.3 is 9.47 Å². The second-order valence-electron chi connectivity index (χ2n) is 4.58. The fourth-order valence-corrected chi connectivity index (χ4v) is 1.94. The minimum absolute atomic E-state index is 0.00336. The van der Waals surface area contributed by atoms with Crippen LogP contribution in [0.3, 0.4) is 0 Å². The molecule has 0 spiro atoms. The Morgan fingerprint density at radius 2 is 1.60 bits per heavy atom. The second-order valence-corrected chi connectivity index (χ2v) is 4.58. The third-order valence-corrected chi connectivity index (χ3v) is 2.90. The van der Waals surface area contributed by atoms with Crippen molar-refractivity contribution < 1.29 is 9.47 Å². The van der Waals surface area contributed by atoms with Gasteiger partial charge in [-0.15, -0.1) is 0 Å². The Labute approximate surface area is 125 Å². The molecule has 0 aliphatic heterocycles. The van der Waals surface area contributed by atoms with Crippen molar-refractivity contribution >= 4 is 0 Å². The van der Waals surface area contributed by atoms with Gasteiger partial charge >= 0.3 is 0 Å². The molecule has 0 aliphatic rings. The molecular formula is C18H30O2. The van der Waals surface area contributed by atoms with Crippen LogP contribution in [-0.2, 0) is 9.47 Å². The van der Waals surface area contributed by atoms with Crippen molar-refractivity contribution in [1.29, 1.82) is 0 Å². The second kappa shape index (κ2) is 16.0. The van der Waals surface area contributed by atoms with Crippen LogP contribution in [0.5, 0.6) is 0 Å². The van der Waals surface area contributed by atoms with E-state index in [1.54, 1.807) is 6.08 Å².